The van der Waals surface area contributed by atoms with Crippen molar-refractivity contribution in [3.63, 3.8) is 0 Å². The fraction of sp³-hybridized carbons (Fsp3) is 0.562. The molecule has 0 unspecified atom stereocenters. The van der Waals surface area contributed by atoms with Crippen LogP contribution in [0.25, 0.3) is 0 Å². The van der Waals surface area contributed by atoms with E-state index in [1.165, 1.54) is 18.2 Å². The summed E-state index contributed by atoms with van der Waals surface area (Å²) in [7, 11) is -1.62. The van der Waals surface area contributed by atoms with Crippen molar-refractivity contribution in [2.45, 2.75) is 32.9 Å². The Kier molecular flexibility index (Phi) is 5.85. The molecule has 132 valence electrons. The van der Waals surface area contributed by atoms with Crippen molar-refractivity contribution < 1.29 is 24.0 Å². The molecule has 0 atom stereocenters. The summed E-state index contributed by atoms with van der Waals surface area (Å²) in [6.07, 6.45) is -0.335. The lowest BCUT2D eigenvalue weighted by Crippen LogP contribution is -2.49. The fourth-order valence-electron chi connectivity index (χ4n) is 2.53. The molecule has 1 amide bonds. The van der Waals surface area contributed by atoms with E-state index in [1.807, 2.05) is 25.7 Å². The van der Waals surface area contributed by atoms with Crippen LogP contribution >= 0.6 is 0 Å². The van der Waals surface area contributed by atoms with Gasteiger partial charge in [0.25, 0.3) is 0 Å². The summed E-state index contributed by atoms with van der Waals surface area (Å²) in [5, 5.41) is 18.4. The highest BCUT2D eigenvalue weighted by Crippen LogP contribution is 2.14. The van der Waals surface area contributed by atoms with Crippen LogP contribution in [0, 0.1) is 5.82 Å². The van der Waals surface area contributed by atoms with Gasteiger partial charge in [0.15, 0.2) is 0 Å². The average molecular weight is 338 g/mol. The zero-order chi connectivity index (χ0) is 17.9. The molecule has 1 heterocycles. The van der Waals surface area contributed by atoms with E-state index in [0.717, 1.165) is 0 Å². The standard InChI is InChI=1S/C16H24BFN2O4/c1-16(2,3)24-15(21)20-8-6-19(7-9-20)11-12-10-13(17(22)23)4-5-14(12)18/h4-5,10,22-23H,6-9,11H2,1-3H3. The molecular formula is C16H24BFN2O4. The summed E-state index contributed by atoms with van der Waals surface area (Å²) < 4.78 is 19.2. The summed E-state index contributed by atoms with van der Waals surface area (Å²) in [5.74, 6) is -0.381. The van der Waals surface area contributed by atoms with Gasteiger partial charge in [-0.2, -0.15) is 0 Å². The van der Waals surface area contributed by atoms with Gasteiger partial charge < -0.3 is 19.7 Å². The number of carbonyl (C=O) groups excluding carboxylic acids is 1. The van der Waals surface area contributed by atoms with Gasteiger partial charge in [-0.1, -0.05) is 12.1 Å². The van der Waals surface area contributed by atoms with E-state index in [0.29, 0.717) is 38.3 Å². The lowest BCUT2D eigenvalue weighted by Gasteiger charge is -2.35. The number of halogens is 1. The van der Waals surface area contributed by atoms with E-state index in [2.05, 4.69) is 0 Å². The van der Waals surface area contributed by atoms with Gasteiger partial charge in [0, 0.05) is 38.3 Å². The van der Waals surface area contributed by atoms with Crippen LogP contribution in [0.5, 0.6) is 0 Å². The quantitative estimate of drug-likeness (QED) is 0.788. The van der Waals surface area contributed by atoms with E-state index >= 15 is 0 Å². The highest BCUT2D eigenvalue weighted by Gasteiger charge is 2.26. The number of piperazine rings is 1. The maximum Gasteiger partial charge on any atom is 0.488 e. The first-order valence-electron chi connectivity index (χ1n) is 8.00. The summed E-state index contributed by atoms with van der Waals surface area (Å²) in [5.41, 5.74) is 0.147. The summed E-state index contributed by atoms with van der Waals surface area (Å²) >= 11 is 0. The van der Waals surface area contributed by atoms with Gasteiger partial charge >= 0.3 is 13.2 Å². The second-order valence-corrected chi connectivity index (χ2v) is 6.97. The number of nitrogens with zero attached hydrogens (tertiary/aromatic N) is 2. The Morgan fingerprint density at radius 2 is 1.88 bits per heavy atom. The summed E-state index contributed by atoms with van der Waals surface area (Å²) in [6.45, 7) is 8.06. The molecule has 0 radical (unpaired) electrons. The molecule has 24 heavy (non-hydrogen) atoms. The number of rotatable bonds is 3. The van der Waals surface area contributed by atoms with Crippen LogP contribution in [0.4, 0.5) is 9.18 Å². The Morgan fingerprint density at radius 3 is 2.42 bits per heavy atom. The molecule has 1 saturated heterocycles. The maximum atomic E-state index is 13.9. The molecule has 1 aromatic carbocycles. The minimum atomic E-state index is -1.62. The molecule has 2 N–H and O–H groups in total. The molecule has 0 spiro atoms. The van der Waals surface area contributed by atoms with Gasteiger partial charge in [0.05, 0.1) is 0 Å². The van der Waals surface area contributed by atoms with Crippen molar-refractivity contribution in [2.24, 2.45) is 0 Å². The minimum Gasteiger partial charge on any atom is -0.444 e. The van der Waals surface area contributed by atoms with Crippen molar-refractivity contribution >= 4 is 18.7 Å². The Hall–Kier alpha value is -1.64. The first-order valence-corrected chi connectivity index (χ1v) is 8.00. The average Bonchev–Trinajstić information content (AvgIpc) is 2.48. The number of hydrogen-bond acceptors (Lipinski definition) is 5. The molecule has 2 rings (SSSR count). The zero-order valence-electron chi connectivity index (χ0n) is 14.3. The number of ether oxygens (including phenoxy) is 1. The van der Waals surface area contributed by atoms with Crippen molar-refractivity contribution in [1.29, 1.82) is 0 Å². The van der Waals surface area contributed by atoms with Crippen LogP contribution in [-0.4, -0.2) is 64.8 Å². The van der Waals surface area contributed by atoms with E-state index in [9.17, 15) is 19.2 Å². The first-order chi connectivity index (χ1) is 11.2. The molecule has 1 fully saturated rings. The van der Waals surface area contributed by atoms with Crippen LogP contribution in [-0.2, 0) is 11.3 Å². The minimum absolute atomic E-state index is 0.263. The second kappa shape index (κ2) is 7.50. The fourth-order valence-corrected chi connectivity index (χ4v) is 2.53. The van der Waals surface area contributed by atoms with Crippen molar-refractivity contribution in [3.05, 3.63) is 29.6 Å². The number of carbonyl (C=O) groups is 1. The van der Waals surface area contributed by atoms with Gasteiger partial charge in [-0.25, -0.2) is 9.18 Å². The monoisotopic (exact) mass is 338 g/mol. The predicted octanol–water partition coefficient (Wildman–Crippen LogP) is 0.558. The largest absolute Gasteiger partial charge is 0.488 e. The molecule has 0 saturated carbocycles. The molecular weight excluding hydrogens is 314 g/mol. The van der Waals surface area contributed by atoms with Crippen LogP contribution < -0.4 is 5.46 Å². The lowest BCUT2D eigenvalue weighted by atomic mass is 9.79. The molecule has 1 aliphatic heterocycles. The van der Waals surface area contributed by atoms with E-state index in [-0.39, 0.29) is 17.4 Å². The molecule has 1 aliphatic rings. The Balaban J connectivity index is 1.92. The number of hydrogen-bond donors (Lipinski definition) is 2. The van der Waals surface area contributed by atoms with Gasteiger partial charge in [0.2, 0.25) is 0 Å². The molecule has 0 aromatic heterocycles. The normalized spacial score (nSPS) is 16.2. The maximum absolute atomic E-state index is 13.9. The highest BCUT2D eigenvalue weighted by atomic mass is 19.1. The molecule has 0 bridgehead atoms. The van der Waals surface area contributed by atoms with Gasteiger partial charge in [-0.15, -0.1) is 0 Å². The molecule has 6 nitrogen and oxygen atoms in total. The third-order valence-electron chi connectivity index (χ3n) is 3.79. The number of benzene rings is 1. The van der Waals surface area contributed by atoms with Gasteiger partial charge in [0.1, 0.15) is 11.4 Å². The van der Waals surface area contributed by atoms with E-state index in [4.69, 9.17) is 4.74 Å². The Bertz CT molecular complexity index is 584. The van der Waals surface area contributed by atoms with Crippen LogP contribution in [0.2, 0.25) is 0 Å². The molecule has 1 aromatic rings. The Labute approximate surface area is 142 Å². The molecule has 0 aliphatic carbocycles. The predicted molar refractivity (Wildman–Crippen MR) is 89.3 cm³/mol. The third kappa shape index (κ3) is 5.19. The first kappa shape index (κ1) is 18.7. The van der Waals surface area contributed by atoms with Crippen molar-refractivity contribution in [3.8, 4) is 0 Å². The van der Waals surface area contributed by atoms with Gasteiger partial charge in [-0.3, -0.25) is 4.90 Å². The van der Waals surface area contributed by atoms with Crippen LogP contribution in [0.1, 0.15) is 26.3 Å². The van der Waals surface area contributed by atoms with Gasteiger partial charge in [-0.05, 0) is 32.3 Å². The van der Waals surface area contributed by atoms with E-state index in [1.54, 1.807) is 4.90 Å². The van der Waals surface area contributed by atoms with Crippen molar-refractivity contribution in [2.75, 3.05) is 26.2 Å². The van der Waals surface area contributed by atoms with Crippen LogP contribution in [0.3, 0.4) is 0 Å². The topological polar surface area (TPSA) is 73.2 Å². The smallest absolute Gasteiger partial charge is 0.444 e. The second-order valence-electron chi connectivity index (χ2n) is 6.97. The SMILES string of the molecule is CC(C)(C)OC(=O)N1CCN(Cc2cc(B(O)O)ccc2F)CC1. The van der Waals surface area contributed by atoms with E-state index < -0.39 is 12.7 Å². The van der Waals surface area contributed by atoms with Crippen LogP contribution in [0.15, 0.2) is 18.2 Å². The highest BCUT2D eigenvalue weighted by molar-refractivity contribution is 6.58. The molecule has 8 heteroatoms. The summed E-state index contributed by atoms with van der Waals surface area (Å²) in [4.78, 5) is 15.7. The summed E-state index contributed by atoms with van der Waals surface area (Å²) in [6, 6.07) is 4.05. The Morgan fingerprint density at radius 1 is 1.25 bits per heavy atom. The number of amides is 1. The zero-order valence-corrected chi connectivity index (χ0v) is 14.3. The lowest BCUT2D eigenvalue weighted by molar-refractivity contribution is 0.0138. The third-order valence-corrected chi connectivity index (χ3v) is 3.79. The van der Waals surface area contributed by atoms with Crippen molar-refractivity contribution in [1.82, 2.24) is 9.80 Å².